The topological polar surface area (TPSA) is 92.1 Å². The van der Waals surface area contributed by atoms with E-state index in [1.807, 2.05) is 18.2 Å². The van der Waals surface area contributed by atoms with Gasteiger partial charge in [0.1, 0.15) is 11.3 Å². The summed E-state index contributed by atoms with van der Waals surface area (Å²) in [6, 6.07) is 9.00. The molecule has 3 heterocycles. The third kappa shape index (κ3) is 3.03. The van der Waals surface area contributed by atoms with Crippen LogP contribution in [0.25, 0.3) is 11.4 Å². The number of hydrogen-bond acceptors (Lipinski definition) is 5. The minimum atomic E-state index is -0.339. The fourth-order valence-electron chi connectivity index (χ4n) is 3.21. The normalized spacial score (nSPS) is 12.8. The first kappa shape index (κ1) is 16.3. The summed E-state index contributed by atoms with van der Waals surface area (Å²) in [5.41, 5.74) is 3.14. The number of amides is 1. The first-order valence-corrected chi connectivity index (χ1v) is 8.49. The smallest absolute Gasteiger partial charge is 0.261 e. The number of aromatic amines is 1. The van der Waals surface area contributed by atoms with Crippen LogP contribution in [-0.4, -0.2) is 33.0 Å². The molecule has 3 aromatic rings. The molecule has 7 heteroatoms. The van der Waals surface area contributed by atoms with E-state index in [0.29, 0.717) is 17.1 Å². The molecule has 0 aromatic carbocycles. The van der Waals surface area contributed by atoms with Crippen molar-refractivity contribution in [1.29, 1.82) is 0 Å². The van der Waals surface area contributed by atoms with Gasteiger partial charge in [-0.25, -0.2) is 0 Å². The molecular formula is C19H18N4O3. The van der Waals surface area contributed by atoms with Gasteiger partial charge in [0.2, 0.25) is 0 Å². The van der Waals surface area contributed by atoms with Crippen molar-refractivity contribution >= 4 is 5.91 Å². The van der Waals surface area contributed by atoms with Crippen molar-refractivity contribution in [2.45, 2.75) is 25.8 Å². The molecule has 1 aliphatic carbocycles. The summed E-state index contributed by atoms with van der Waals surface area (Å²) in [5.74, 6) is 0.191. The highest BCUT2D eigenvalue weighted by molar-refractivity contribution is 5.93. The Balaban J connectivity index is 1.52. The minimum Gasteiger partial charge on any atom is -0.359 e. The second-order valence-corrected chi connectivity index (χ2v) is 6.42. The fraction of sp³-hybridized carbons (Fsp3) is 0.263. The second-order valence-electron chi connectivity index (χ2n) is 6.42. The van der Waals surface area contributed by atoms with Gasteiger partial charge in [-0.05, 0) is 43.0 Å². The van der Waals surface area contributed by atoms with Crippen molar-refractivity contribution in [3.05, 3.63) is 69.5 Å². The van der Waals surface area contributed by atoms with E-state index in [4.69, 9.17) is 4.52 Å². The number of H-pyrrole nitrogens is 1. The van der Waals surface area contributed by atoms with E-state index in [1.54, 1.807) is 25.4 Å². The summed E-state index contributed by atoms with van der Waals surface area (Å²) < 4.78 is 5.31. The number of carbonyl (C=O) groups is 1. The van der Waals surface area contributed by atoms with Gasteiger partial charge in [0.15, 0.2) is 5.76 Å². The van der Waals surface area contributed by atoms with Crippen LogP contribution >= 0.6 is 0 Å². The first-order chi connectivity index (χ1) is 12.6. The molecule has 0 aliphatic heterocycles. The van der Waals surface area contributed by atoms with Crippen LogP contribution in [0.3, 0.4) is 0 Å². The molecule has 0 saturated carbocycles. The van der Waals surface area contributed by atoms with E-state index in [0.717, 1.165) is 30.5 Å². The summed E-state index contributed by atoms with van der Waals surface area (Å²) in [4.78, 5) is 33.4. The number of nitrogens with zero attached hydrogens (tertiary/aromatic N) is 3. The van der Waals surface area contributed by atoms with Crippen LogP contribution in [0, 0.1) is 0 Å². The molecule has 1 aliphatic rings. The predicted molar refractivity (Wildman–Crippen MR) is 94.6 cm³/mol. The first-order valence-electron chi connectivity index (χ1n) is 8.49. The standard InChI is InChI=1S/C19H18N4O3/c1-23(11-13-10-17(22-26-13)16-6-2-3-8-20-16)19(25)14-9-12-5-4-7-15(12)21-18(14)24/h2-3,6,8-10H,4-5,7,11H2,1H3,(H,21,24). The highest BCUT2D eigenvalue weighted by Gasteiger charge is 2.21. The second kappa shape index (κ2) is 6.59. The van der Waals surface area contributed by atoms with Crippen molar-refractivity contribution < 1.29 is 9.32 Å². The minimum absolute atomic E-state index is 0.164. The zero-order chi connectivity index (χ0) is 18.1. The quantitative estimate of drug-likeness (QED) is 0.779. The van der Waals surface area contributed by atoms with Crippen LogP contribution in [0.4, 0.5) is 0 Å². The molecule has 26 heavy (non-hydrogen) atoms. The van der Waals surface area contributed by atoms with Gasteiger partial charge in [-0.1, -0.05) is 11.2 Å². The number of fused-ring (bicyclic) bond motifs is 1. The Labute approximate surface area is 149 Å². The van der Waals surface area contributed by atoms with Crippen molar-refractivity contribution in [2.24, 2.45) is 0 Å². The van der Waals surface area contributed by atoms with Gasteiger partial charge in [-0.15, -0.1) is 0 Å². The molecule has 0 spiro atoms. The third-order valence-corrected chi connectivity index (χ3v) is 4.54. The molecule has 0 radical (unpaired) electrons. The molecule has 1 N–H and O–H groups in total. The average molecular weight is 350 g/mol. The van der Waals surface area contributed by atoms with Crippen molar-refractivity contribution in [3.63, 3.8) is 0 Å². The molecule has 132 valence electrons. The molecule has 0 saturated heterocycles. The Morgan fingerprint density at radius 1 is 1.27 bits per heavy atom. The maximum absolute atomic E-state index is 12.7. The number of carbonyl (C=O) groups excluding carboxylic acids is 1. The Morgan fingerprint density at radius 3 is 2.96 bits per heavy atom. The molecule has 4 rings (SSSR count). The van der Waals surface area contributed by atoms with Crippen molar-refractivity contribution in [2.75, 3.05) is 7.05 Å². The molecule has 3 aromatic heterocycles. The highest BCUT2D eigenvalue weighted by atomic mass is 16.5. The van der Waals surface area contributed by atoms with E-state index >= 15 is 0 Å². The third-order valence-electron chi connectivity index (χ3n) is 4.54. The summed E-state index contributed by atoms with van der Waals surface area (Å²) in [6.07, 6.45) is 4.45. The van der Waals surface area contributed by atoms with Crippen LogP contribution in [0.1, 0.15) is 33.8 Å². The van der Waals surface area contributed by atoms with E-state index in [2.05, 4.69) is 15.1 Å². The van der Waals surface area contributed by atoms with E-state index in [1.165, 1.54) is 4.90 Å². The van der Waals surface area contributed by atoms with E-state index < -0.39 is 0 Å². The molecule has 0 unspecified atom stereocenters. The Kier molecular flexibility index (Phi) is 4.12. The lowest BCUT2D eigenvalue weighted by Gasteiger charge is -2.15. The Bertz CT molecular complexity index is 1010. The number of rotatable bonds is 4. The number of pyridine rings is 2. The van der Waals surface area contributed by atoms with Crippen molar-refractivity contribution in [1.82, 2.24) is 20.0 Å². The summed E-state index contributed by atoms with van der Waals surface area (Å²) in [5, 5.41) is 3.99. The number of aryl methyl sites for hydroxylation is 2. The lowest BCUT2D eigenvalue weighted by atomic mass is 10.1. The lowest BCUT2D eigenvalue weighted by Crippen LogP contribution is -2.31. The molecule has 1 amide bonds. The summed E-state index contributed by atoms with van der Waals surface area (Å²) in [7, 11) is 1.64. The zero-order valence-corrected chi connectivity index (χ0v) is 14.4. The van der Waals surface area contributed by atoms with Crippen LogP contribution in [-0.2, 0) is 19.4 Å². The molecule has 0 fully saturated rings. The van der Waals surface area contributed by atoms with Crippen LogP contribution in [0.5, 0.6) is 0 Å². The fourth-order valence-corrected chi connectivity index (χ4v) is 3.21. The molecule has 7 nitrogen and oxygen atoms in total. The Morgan fingerprint density at radius 2 is 2.15 bits per heavy atom. The maximum atomic E-state index is 12.7. The predicted octanol–water partition coefficient (Wildman–Crippen LogP) is 2.19. The molecular weight excluding hydrogens is 332 g/mol. The molecule has 0 bridgehead atoms. The highest BCUT2D eigenvalue weighted by Crippen LogP contribution is 2.20. The monoisotopic (exact) mass is 350 g/mol. The SMILES string of the molecule is CN(Cc1cc(-c2ccccn2)no1)C(=O)c1cc2c([nH]c1=O)CCC2. The van der Waals surface area contributed by atoms with Gasteiger partial charge >= 0.3 is 0 Å². The summed E-state index contributed by atoms with van der Waals surface area (Å²) in [6.45, 7) is 0.217. The summed E-state index contributed by atoms with van der Waals surface area (Å²) >= 11 is 0. The van der Waals surface area contributed by atoms with Crippen molar-refractivity contribution in [3.8, 4) is 11.4 Å². The number of hydrogen-bond donors (Lipinski definition) is 1. The van der Waals surface area contributed by atoms with Gasteiger partial charge < -0.3 is 14.4 Å². The maximum Gasteiger partial charge on any atom is 0.261 e. The van der Waals surface area contributed by atoms with Crippen LogP contribution < -0.4 is 5.56 Å². The van der Waals surface area contributed by atoms with Crippen LogP contribution in [0.15, 0.2) is 45.8 Å². The van der Waals surface area contributed by atoms with Gasteiger partial charge in [-0.2, -0.15) is 0 Å². The zero-order valence-electron chi connectivity index (χ0n) is 14.4. The lowest BCUT2D eigenvalue weighted by molar-refractivity contribution is 0.0770. The van der Waals surface area contributed by atoms with Crippen LogP contribution in [0.2, 0.25) is 0 Å². The van der Waals surface area contributed by atoms with Gasteiger partial charge in [0.05, 0.1) is 12.2 Å². The van der Waals surface area contributed by atoms with Gasteiger partial charge in [-0.3, -0.25) is 14.6 Å². The largest absolute Gasteiger partial charge is 0.359 e. The van der Waals surface area contributed by atoms with E-state index in [9.17, 15) is 9.59 Å². The average Bonchev–Trinajstić information content (AvgIpc) is 3.30. The van der Waals surface area contributed by atoms with E-state index in [-0.39, 0.29) is 23.6 Å². The number of aromatic nitrogens is 3. The van der Waals surface area contributed by atoms with Gasteiger partial charge in [0.25, 0.3) is 11.5 Å². The molecule has 0 atom stereocenters. The number of nitrogens with one attached hydrogen (secondary N) is 1. The Hall–Kier alpha value is -3.22. The van der Waals surface area contributed by atoms with Gasteiger partial charge in [0, 0.05) is 25.0 Å².